The van der Waals surface area contributed by atoms with Crippen LogP contribution < -0.4 is 0 Å². The van der Waals surface area contributed by atoms with Gasteiger partial charge in [-0.05, 0) is 16.6 Å². The lowest BCUT2D eigenvalue weighted by Crippen LogP contribution is -2.47. The van der Waals surface area contributed by atoms with Gasteiger partial charge in [-0.1, -0.05) is 48.1 Å². The van der Waals surface area contributed by atoms with E-state index in [0.29, 0.717) is 16.6 Å². The van der Waals surface area contributed by atoms with Gasteiger partial charge in [0.2, 0.25) is 0 Å². The highest BCUT2D eigenvalue weighted by molar-refractivity contribution is 6.78. The van der Waals surface area contributed by atoms with Gasteiger partial charge < -0.3 is 4.43 Å². The lowest BCUT2D eigenvalue weighted by molar-refractivity contribution is -0.106. The number of rotatable bonds is 6. The molecule has 0 fully saturated rings. The topological polar surface area (TPSA) is 26.3 Å². The van der Waals surface area contributed by atoms with Crippen LogP contribution in [0, 0.1) is 0 Å². The Bertz CT molecular complexity index is 210. The zero-order valence-electron chi connectivity index (χ0n) is 10.8. The Hall–Kier alpha value is -0.573. The first-order valence-corrected chi connectivity index (χ1v) is 7.76. The molecule has 0 aliphatic heterocycles. The summed E-state index contributed by atoms with van der Waals surface area (Å²) in [7, 11) is -1.94. The van der Waals surface area contributed by atoms with Crippen molar-refractivity contribution in [3.8, 4) is 0 Å². The molecule has 0 aliphatic rings. The van der Waals surface area contributed by atoms with Gasteiger partial charge in [0, 0.05) is 0 Å². The third-order valence-corrected chi connectivity index (χ3v) is 9.18. The summed E-state index contributed by atoms with van der Waals surface area (Å²) in [6.45, 7) is 16.8. The quantitative estimate of drug-likeness (QED) is 0.298. The number of hydrogen-bond acceptors (Lipinski definition) is 2. The van der Waals surface area contributed by atoms with E-state index in [4.69, 9.17) is 4.43 Å². The molecule has 0 saturated heterocycles. The highest BCUT2D eigenvalue weighted by atomic mass is 28.4. The Labute approximate surface area is 94.8 Å². The van der Waals surface area contributed by atoms with Crippen LogP contribution in [0.2, 0.25) is 16.6 Å². The Morgan fingerprint density at radius 1 is 1.07 bits per heavy atom. The Morgan fingerprint density at radius 3 is 1.60 bits per heavy atom. The zero-order chi connectivity index (χ0) is 12.2. The molecule has 2 nitrogen and oxygen atoms in total. The molecule has 0 rings (SSSR count). The molecule has 0 spiro atoms. The van der Waals surface area contributed by atoms with Gasteiger partial charge in [-0.3, -0.25) is 4.79 Å². The van der Waals surface area contributed by atoms with Gasteiger partial charge in [0.25, 0.3) is 8.32 Å². The van der Waals surface area contributed by atoms with E-state index < -0.39 is 8.32 Å². The maximum atomic E-state index is 10.6. The van der Waals surface area contributed by atoms with Crippen LogP contribution in [0.25, 0.3) is 0 Å². The molecular formula is C12H24O2Si. The normalized spacial score (nSPS) is 12.3. The van der Waals surface area contributed by atoms with E-state index in [1.165, 1.54) is 0 Å². The van der Waals surface area contributed by atoms with Crippen molar-refractivity contribution >= 4 is 14.6 Å². The molecule has 0 bridgehead atoms. The Balaban J connectivity index is 5.13. The van der Waals surface area contributed by atoms with Crippen molar-refractivity contribution in [3.05, 3.63) is 12.3 Å². The van der Waals surface area contributed by atoms with Gasteiger partial charge in [-0.15, -0.1) is 0 Å². The molecule has 0 radical (unpaired) electrons. The molecule has 0 aromatic heterocycles. The molecule has 0 aromatic rings. The minimum atomic E-state index is -1.94. The smallest absolute Gasteiger partial charge is 0.258 e. The van der Waals surface area contributed by atoms with Crippen LogP contribution in [-0.4, -0.2) is 14.6 Å². The molecule has 15 heavy (non-hydrogen) atoms. The largest absolute Gasteiger partial charge is 0.541 e. The van der Waals surface area contributed by atoms with Crippen molar-refractivity contribution in [3.63, 3.8) is 0 Å². The second-order valence-electron chi connectivity index (χ2n) is 5.00. The number of allylic oxidation sites excluding steroid dienone is 1. The molecule has 88 valence electrons. The molecular weight excluding hydrogens is 204 g/mol. The molecule has 0 saturated carbocycles. The predicted octanol–water partition coefficient (Wildman–Crippen LogP) is 3.89. The van der Waals surface area contributed by atoms with Gasteiger partial charge in [0.05, 0.1) is 0 Å². The summed E-state index contributed by atoms with van der Waals surface area (Å²) in [4.78, 5) is 10.6. The number of aldehydes is 1. The van der Waals surface area contributed by atoms with Crippen molar-refractivity contribution in [1.82, 2.24) is 0 Å². The van der Waals surface area contributed by atoms with Crippen molar-refractivity contribution in [2.75, 3.05) is 0 Å². The van der Waals surface area contributed by atoms with E-state index in [0.717, 1.165) is 6.29 Å². The van der Waals surface area contributed by atoms with Gasteiger partial charge in [0.15, 0.2) is 6.29 Å². The van der Waals surface area contributed by atoms with E-state index in [1.54, 1.807) is 0 Å². The van der Waals surface area contributed by atoms with E-state index in [2.05, 4.69) is 48.1 Å². The predicted molar refractivity (Wildman–Crippen MR) is 67.3 cm³/mol. The molecule has 3 heteroatoms. The maximum absolute atomic E-state index is 10.6. The third-order valence-electron chi connectivity index (χ3n) is 3.15. The molecule has 0 atom stereocenters. The Morgan fingerprint density at radius 2 is 1.40 bits per heavy atom. The van der Waals surface area contributed by atoms with Crippen LogP contribution in [0.1, 0.15) is 41.5 Å². The van der Waals surface area contributed by atoms with E-state index in [1.807, 2.05) is 0 Å². The third kappa shape index (κ3) is 2.94. The monoisotopic (exact) mass is 228 g/mol. The summed E-state index contributed by atoms with van der Waals surface area (Å²) in [6.07, 6.45) is 0.717. The summed E-state index contributed by atoms with van der Waals surface area (Å²) >= 11 is 0. The lowest BCUT2D eigenvalue weighted by Gasteiger charge is -2.41. The first-order chi connectivity index (χ1) is 6.78. The molecule has 0 heterocycles. The van der Waals surface area contributed by atoms with Gasteiger partial charge in [0.1, 0.15) is 5.76 Å². The fraction of sp³-hybridized carbons (Fsp3) is 0.750. The fourth-order valence-electron chi connectivity index (χ4n) is 2.60. The average Bonchev–Trinajstić information content (AvgIpc) is 2.11. The lowest BCUT2D eigenvalue weighted by atomic mass is 10.5. The van der Waals surface area contributed by atoms with Crippen LogP contribution in [0.15, 0.2) is 12.3 Å². The van der Waals surface area contributed by atoms with Crippen LogP contribution in [0.3, 0.4) is 0 Å². The summed E-state index contributed by atoms with van der Waals surface area (Å²) in [5, 5.41) is 0. The van der Waals surface area contributed by atoms with Gasteiger partial charge >= 0.3 is 0 Å². The first-order valence-electron chi connectivity index (χ1n) is 5.62. The summed E-state index contributed by atoms with van der Waals surface area (Å²) in [5.74, 6) is 0.290. The second-order valence-corrected chi connectivity index (χ2v) is 10.4. The summed E-state index contributed by atoms with van der Waals surface area (Å²) in [6, 6.07) is 0. The van der Waals surface area contributed by atoms with E-state index in [-0.39, 0.29) is 5.76 Å². The highest BCUT2D eigenvalue weighted by Gasteiger charge is 2.47. The van der Waals surface area contributed by atoms with Crippen LogP contribution in [0.5, 0.6) is 0 Å². The minimum absolute atomic E-state index is 0.290. The van der Waals surface area contributed by atoms with E-state index >= 15 is 0 Å². The second kappa shape index (κ2) is 5.49. The van der Waals surface area contributed by atoms with Crippen LogP contribution in [-0.2, 0) is 9.22 Å². The summed E-state index contributed by atoms with van der Waals surface area (Å²) < 4.78 is 5.95. The van der Waals surface area contributed by atoms with Crippen LogP contribution >= 0.6 is 0 Å². The van der Waals surface area contributed by atoms with Crippen LogP contribution in [0.4, 0.5) is 0 Å². The van der Waals surface area contributed by atoms with Crippen molar-refractivity contribution < 1.29 is 9.22 Å². The summed E-state index contributed by atoms with van der Waals surface area (Å²) in [5.41, 5.74) is 1.44. The van der Waals surface area contributed by atoms with Gasteiger partial charge in [-0.2, -0.15) is 0 Å². The standard InChI is InChI=1S/C12H24O2Si/c1-9(2)15(10(3)4,11(5)6)14-12(7)8-13/h8-11H,7H2,1-6H3. The highest BCUT2D eigenvalue weighted by Crippen LogP contribution is 2.43. The molecule has 0 amide bonds. The Kier molecular flexibility index (Phi) is 5.28. The fourth-order valence-corrected chi connectivity index (χ4v) is 7.81. The molecule has 0 N–H and O–H groups in total. The van der Waals surface area contributed by atoms with Crippen molar-refractivity contribution in [2.45, 2.75) is 58.2 Å². The number of carbonyl (C=O) groups excluding carboxylic acids is 1. The van der Waals surface area contributed by atoms with Crippen molar-refractivity contribution in [1.29, 1.82) is 0 Å². The minimum Gasteiger partial charge on any atom is -0.541 e. The zero-order valence-corrected chi connectivity index (χ0v) is 11.8. The number of carbonyl (C=O) groups is 1. The molecule has 0 aliphatic carbocycles. The molecule has 0 aromatic carbocycles. The van der Waals surface area contributed by atoms with E-state index in [9.17, 15) is 4.79 Å². The van der Waals surface area contributed by atoms with Gasteiger partial charge in [-0.25, -0.2) is 0 Å². The molecule has 0 unspecified atom stereocenters. The number of hydrogen-bond donors (Lipinski definition) is 0. The average molecular weight is 228 g/mol. The SMILES string of the molecule is C=C(C=O)O[Si](C(C)C)(C(C)C)C(C)C. The first kappa shape index (κ1) is 14.4. The van der Waals surface area contributed by atoms with Crippen molar-refractivity contribution in [2.24, 2.45) is 0 Å². The maximum Gasteiger partial charge on any atom is 0.258 e.